The molecule has 0 aromatic carbocycles. The maximum atomic E-state index is 10.4. The van der Waals surface area contributed by atoms with Crippen molar-refractivity contribution in [1.29, 1.82) is 0 Å². The molecule has 0 aliphatic rings. The zero-order valence-corrected chi connectivity index (χ0v) is 6.76. The second kappa shape index (κ2) is 3.88. The SMILES string of the molecule is CCC(N)(CC)ON(C)[O-]. The quantitative estimate of drug-likeness (QED) is 0.472. The molecule has 0 saturated carbocycles. The molecule has 0 radical (unpaired) electrons. The number of nitrogens with two attached hydrogens (primary N) is 1. The van der Waals surface area contributed by atoms with E-state index in [-0.39, 0.29) is 0 Å². The lowest BCUT2D eigenvalue weighted by atomic mass is 10.1. The van der Waals surface area contributed by atoms with Crippen LogP contribution in [0.15, 0.2) is 0 Å². The molecule has 62 valence electrons. The highest BCUT2D eigenvalue weighted by atomic mass is 16.9. The lowest BCUT2D eigenvalue weighted by molar-refractivity contribution is -0.208. The van der Waals surface area contributed by atoms with Gasteiger partial charge in [0.1, 0.15) is 5.72 Å². The van der Waals surface area contributed by atoms with Crippen LogP contribution in [0, 0.1) is 5.21 Å². The molecule has 0 aromatic rings. The molecule has 0 saturated heterocycles. The van der Waals surface area contributed by atoms with Crippen molar-refractivity contribution in [3.05, 3.63) is 5.21 Å². The van der Waals surface area contributed by atoms with Crippen LogP contribution in [-0.4, -0.2) is 18.0 Å². The Bertz CT molecular complexity index is 91.7. The molecule has 10 heavy (non-hydrogen) atoms. The fourth-order valence-corrected chi connectivity index (χ4v) is 0.635. The lowest BCUT2D eigenvalue weighted by Gasteiger charge is -2.34. The summed E-state index contributed by atoms with van der Waals surface area (Å²) in [4.78, 5) is 4.79. The van der Waals surface area contributed by atoms with Crippen LogP contribution in [0.25, 0.3) is 0 Å². The van der Waals surface area contributed by atoms with Gasteiger partial charge in [-0.05, 0) is 19.9 Å². The number of hydrogen-bond donors (Lipinski definition) is 1. The first-order chi connectivity index (χ1) is 4.54. The first kappa shape index (κ1) is 9.84. The highest BCUT2D eigenvalue weighted by Crippen LogP contribution is 2.13. The number of hydroxylamine groups is 2. The van der Waals surface area contributed by atoms with Crippen molar-refractivity contribution in [2.45, 2.75) is 32.4 Å². The van der Waals surface area contributed by atoms with Gasteiger partial charge in [0.05, 0.1) is 0 Å². The third-order valence-electron chi connectivity index (χ3n) is 1.51. The van der Waals surface area contributed by atoms with Crippen LogP contribution < -0.4 is 5.73 Å². The molecular weight excluding hydrogens is 132 g/mol. The third kappa shape index (κ3) is 3.12. The first-order valence-electron chi connectivity index (χ1n) is 3.43. The summed E-state index contributed by atoms with van der Waals surface area (Å²) in [7, 11) is 1.28. The Hall–Kier alpha value is -0.160. The average molecular weight is 147 g/mol. The number of hydrogen-bond acceptors (Lipinski definition) is 4. The molecule has 0 rings (SSSR count). The molecule has 4 heteroatoms. The Kier molecular flexibility index (Phi) is 3.81. The lowest BCUT2D eigenvalue weighted by Crippen LogP contribution is -2.44. The summed E-state index contributed by atoms with van der Waals surface area (Å²) in [6.45, 7) is 3.76. The van der Waals surface area contributed by atoms with Crippen LogP contribution in [0.1, 0.15) is 26.7 Å². The standard InChI is InChI=1S/C6H15N2O2/c1-4-6(7,5-2)10-8(3)9/h4-5,7H2,1-3H3/q-1. The van der Waals surface area contributed by atoms with Crippen LogP contribution in [-0.2, 0) is 4.84 Å². The Morgan fingerprint density at radius 2 is 1.90 bits per heavy atom. The van der Waals surface area contributed by atoms with Crippen molar-refractivity contribution in [2.75, 3.05) is 7.05 Å². The minimum atomic E-state index is -0.781. The normalized spacial score (nSPS) is 12.6. The van der Waals surface area contributed by atoms with Crippen LogP contribution in [0.5, 0.6) is 0 Å². The minimum absolute atomic E-state index is 0.396. The maximum absolute atomic E-state index is 10.4. The van der Waals surface area contributed by atoms with Gasteiger partial charge in [0, 0.05) is 0 Å². The van der Waals surface area contributed by atoms with E-state index in [2.05, 4.69) is 0 Å². The van der Waals surface area contributed by atoms with E-state index in [0.29, 0.717) is 18.1 Å². The van der Waals surface area contributed by atoms with E-state index < -0.39 is 5.72 Å². The second-order valence-electron chi connectivity index (χ2n) is 2.30. The van der Waals surface area contributed by atoms with Gasteiger partial charge in [-0.25, -0.2) is 0 Å². The third-order valence-corrected chi connectivity index (χ3v) is 1.51. The molecular formula is C6H15N2O2-. The van der Waals surface area contributed by atoms with E-state index in [1.807, 2.05) is 13.8 Å². The first-order valence-corrected chi connectivity index (χ1v) is 3.43. The summed E-state index contributed by atoms with van der Waals surface area (Å²) in [6.07, 6.45) is 1.27. The zero-order chi connectivity index (χ0) is 8.20. The van der Waals surface area contributed by atoms with Gasteiger partial charge in [-0.1, -0.05) is 13.8 Å². The molecule has 0 atom stereocenters. The largest absolute Gasteiger partial charge is 0.762 e. The topological polar surface area (TPSA) is 61.5 Å². The maximum Gasteiger partial charge on any atom is 0.136 e. The molecule has 0 unspecified atom stereocenters. The molecule has 0 fully saturated rings. The Balaban J connectivity index is 3.80. The van der Waals surface area contributed by atoms with E-state index in [0.717, 1.165) is 0 Å². The summed E-state index contributed by atoms with van der Waals surface area (Å²) in [6, 6.07) is 0. The predicted molar refractivity (Wildman–Crippen MR) is 39.7 cm³/mol. The second-order valence-corrected chi connectivity index (χ2v) is 2.30. The highest BCUT2D eigenvalue weighted by Gasteiger charge is 2.20. The fraction of sp³-hybridized carbons (Fsp3) is 1.00. The van der Waals surface area contributed by atoms with Crippen molar-refractivity contribution in [1.82, 2.24) is 5.23 Å². The van der Waals surface area contributed by atoms with Crippen molar-refractivity contribution < 1.29 is 4.84 Å². The van der Waals surface area contributed by atoms with E-state index in [1.165, 1.54) is 7.05 Å². The van der Waals surface area contributed by atoms with Gasteiger partial charge >= 0.3 is 0 Å². The van der Waals surface area contributed by atoms with Crippen LogP contribution in [0.2, 0.25) is 0 Å². The minimum Gasteiger partial charge on any atom is -0.762 e. The number of nitrogens with zero attached hydrogens (tertiary/aromatic N) is 1. The summed E-state index contributed by atoms with van der Waals surface area (Å²) in [5, 5.41) is 10.8. The van der Waals surface area contributed by atoms with Crippen molar-refractivity contribution >= 4 is 0 Å². The molecule has 4 nitrogen and oxygen atoms in total. The summed E-state index contributed by atoms with van der Waals surface area (Å²) in [5.41, 5.74) is 4.85. The van der Waals surface area contributed by atoms with E-state index in [9.17, 15) is 5.21 Å². The van der Waals surface area contributed by atoms with E-state index >= 15 is 0 Å². The van der Waals surface area contributed by atoms with Gasteiger partial charge in [0.25, 0.3) is 0 Å². The van der Waals surface area contributed by atoms with E-state index in [4.69, 9.17) is 10.6 Å². The molecule has 0 aliphatic carbocycles. The van der Waals surface area contributed by atoms with Gasteiger partial charge in [-0.15, -0.1) is 0 Å². The zero-order valence-electron chi connectivity index (χ0n) is 6.76. The smallest absolute Gasteiger partial charge is 0.136 e. The van der Waals surface area contributed by atoms with Crippen molar-refractivity contribution in [2.24, 2.45) is 5.73 Å². The van der Waals surface area contributed by atoms with Crippen LogP contribution in [0.3, 0.4) is 0 Å². The van der Waals surface area contributed by atoms with Gasteiger partial charge in [0.2, 0.25) is 0 Å². The average Bonchev–Trinajstić information content (AvgIpc) is 1.87. The Labute approximate surface area is 61.5 Å². The van der Waals surface area contributed by atoms with Crippen molar-refractivity contribution in [3.63, 3.8) is 0 Å². The van der Waals surface area contributed by atoms with Crippen LogP contribution in [0.4, 0.5) is 0 Å². The monoisotopic (exact) mass is 147 g/mol. The Morgan fingerprint density at radius 3 is 2.00 bits per heavy atom. The molecule has 0 aromatic heterocycles. The molecule has 0 bridgehead atoms. The molecule has 0 heterocycles. The molecule has 0 aliphatic heterocycles. The highest BCUT2D eigenvalue weighted by molar-refractivity contribution is 4.67. The summed E-state index contributed by atoms with van der Waals surface area (Å²) < 4.78 is 0. The van der Waals surface area contributed by atoms with Gasteiger partial charge < -0.3 is 10.9 Å². The predicted octanol–water partition coefficient (Wildman–Crippen LogP) is 0.823. The summed E-state index contributed by atoms with van der Waals surface area (Å²) in [5.74, 6) is 0. The van der Waals surface area contributed by atoms with Gasteiger partial charge in [-0.3, -0.25) is 10.1 Å². The summed E-state index contributed by atoms with van der Waals surface area (Å²) >= 11 is 0. The van der Waals surface area contributed by atoms with Gasteiger partial charge in [0.15, 0.2) is 0 Å². The van der Waals surface area contributed by atoms with E-state index in [1.54, 1.807) is 0 Å². The molecule has 2 N–H and O–H groups in total. The van der Waals surface area contributed by atoms with Crippen LogP contribution >= 0.6 is 0 Å². The molecule has 0 amide bonds. The number of rotatable bonds is 4. The van der Waals surface area contributed by atoms with Gasteiger partial charge in [-0.2, -0.15) is 0 Å². The fourth-order valence-electron chi connectivity index (χ4n) is 0.635. The van der Waals surface area contributed by atoms with Crippen molar-refractivity contribution in [3.8, 4) is 0 Å². The Morgan fingerprint density at radius 1 is 1.50 bits per heavy atom. The molecule has 0 spiro atoms.